The number of nitrogens with zero attached hydrogens (tertiary/aromatic N) is 6. The molecule has 2 aromatic rings. The number of amides is 1. The molecule has 0 saturated carbocycles. The number of aromatic nitrogens is 2. The Kier molecular flexibility index (Phi) is 8.34. The molecule has 1 aliphatic heterocycles. The molecule has 1 fully saturated rings. The number of benzene rings is 1. The van der Waals surface area contributed by atoms with Gasteiger partial charge >= 0.3 is 17.7 Å². The predicted octanol–water partition coefficient (Wildman–Crippen LogP) is 4.42. The molecule has 39 heavy (non-hydrogen) atoms. The Hall–Kier alpha value is -3.40. The number of nitro groups is 1. The number of rotatable bonds is 6. The summed E-state index contributed by atoms with van der Waals surface area (Å²) in [4.78, 5) is 47.8. The lowest BCUT2D eigenvalue weighted by atomic mass is 9.67. The molecule has 1 aromatic carbocycles. The maximum absolute atomic E-state index is 13.4. The van der Waals surface area contributed by atoms with Crippen LogP contribution in [-0.2, 0) is 27.8 Å². The molecule has 1 aliphatic carbocycles. The second kappa shape index (κ2) is 11.4. The maximum atomic E-state index is 13.4. The largest absolute Gasteiger partial charge is 0.468 e. The fourth-order valence-corrected chi connectivity index (χ4v) is 6.27. The number of methoxy groups -OCH3 is 1. The van der Waals surface area contributed by atoms with Gasteiger partial charge in [0.15, 0.2) is 0 Å². The van der Waals surface area contributed by atoms with Gasteiger partial charge in [-0.25, -0.2) is 9.78 Å². The van der Waals surface area contributed by atoms with Crippen molar-refractivity contribution in [2.45, 2.75) is 43.6 Å². The van der Waals surface area contributed by atoms with Gasteiger partial charge in [-0.3, -0.25) is 14.9 Å². The number of esters is 1. The summed E-state index contributed by atoms with van der Waals surface area (Å²) in [6.07, 6.45) is -0.137. The standard InChI is InChI=1S/C24H23Cl3N6O6/c1-39-21(34)24(5-2-3-15-16(24)9-13(25)10-17(15)26)11-18-19(33(37)38)20(30-22(27)29-18)31-7-8-32(23(35)36)14(12-31)4-6-28/h9-10,14H,2-5,7-8,11-12H2,1H3,(H,35,36). The molecule has 2 unspecified atom stereocenters. The first-order valence-electron chi connectivity index (χ1n) is 11.9. The van der Waals surface area contributed by atoms with Gasteiger partial charge in [-0.05, 0) is 54.1 Å². The van der Waals surface area contributed by atoms with E-state index in [2.05, 4.69) is 9.97 Å². The van der Waals surface area contributed by atoms with E-state index < -0.39 is 34.1 Å². The fraction of sp³-hybridized carbons (Fsp3) is 0.458. The first-order chi connectivity index (χ1) is 18.5. The van der Waals surface area contributed by atoms with E-state index in [1.165, 1.54) is 12.0 Å². The van der Waals surface area contributed by atoms with E-state index >= 15 is 0 Å². The van der Waals surface area contributed by atoms with Gasteiger partial charge in [0.05, 0.1) is 36.0 Å². The Bertz CT molecular complexity index is 1390. The molecule has 2 aliphatic rings. The number of carbonyl (C=O) groups is 2. The van der Waals surface area contributed by atoms with Crippen molar-refractivity contribution in [1.82, 2.24) is 14.9 Å². The van der Waals surface area contributed by atoms with Crippen molar-refractivity contribution < 1.29 is 24.4 Å². The molecule has 1 N–H and O–H groups in total. The van der Waals surface area contributed by atoms with Crippen LogP contribution in [-0.4, -0.2) is 69.7 Å². The molecule has 2 heterocycles. The monoisotopic (exact) mass is 596 g/mol. The highest BCUT2D eigenvalue weighted by Gasteiger charge is 2.48. The normalized spacial score (nSPS) is 20.6. The molecular formula is C24H23Cl3N6O6. The minimum absolute atomic E-state index is 0.00768. The minimum atomic E-state index is -1.39. The number of carboxylic acid groups (broad SMARTS) is 1. The zero-order valence-corrected chi connectivity index (χ0v) is 23.0. The Morgan fingerprint density at radius 2 is 2.05 bits per heavy atom. The number of piperazine rings is 1. The van der Waals surface area contributed by atoms with Crippen molar-refractivity contribution in [2.24, 2.45) is 0 Å². The van der Waals surface area contributed by atoms with Gasteiger partial charge in [0.1, 0.15) is 5.69 Å². The Morgan fingerprint density at radius 3 is 2.69 bits per heavy atom. The van der Waals surface area contributed by atoms with Crippen LogP contribution in [0.1, 0.15) is 36.1 Å². The third-order valence-corrected chi connectivity index (χ3v) is 7.92. The average Bonchev–Trinajstić information content (AvgIpc) is 2.88. The third kappa shape index (κ3) is 5.39. The number of anilines is 1. The zero-order chi connectivity index (χ0) is 28.5. The highest BCUT2D eigenvalue weighted by molar-refractivity contribution is 6.35. The Balaban J connectivity index is 1.85. The van der Waals surface area contributed by atoms with Gasteiger partial charge in [-0.1, -0.05) is 23.2 Å². The first-order valence-corrected chi connectivity index (χ1v) is 13.0. The molecule has 0 spiro atoms. The lowest BCUT2D eigenvalue weighted by molar-refractivity contribution is -0.385. The van der Waals surface area contributed by atoms with Crippen LogP contribution in [0.25, 0.3) is 0 Å². The van der Waals surface area contributed by atoms with E-state index in [1.807, 2.05) is 6.07 Å². The molecule has 1 saturated heterocycles. The van der Waals surface area contributed by atoms with Crippen molar-refractivity contribution in [3.8, 4) is 6.07 Å². The first kappa shape index (κ1) is 28.6. The van der Waals surface area contributed by atoms with Crippen LogP contribution in [0.3, 0.4) is 0 Å². The molecule has 0 bridgehead atoms. The molecule has 206 valence electrons. The van der Waals surface area contributed by atoms with Crippen LogP contribution < -0.4 is 4.90 Å². The van der Waals surface area contributed by atoms with Crippen LogP contribution in [0.5, 0.6) is 0 Å². The molecule has 1 amide bonds. The van der Waals surface area contributed by atoms with Crippen molar-refractivity contribution in [3.05, 3.63) is 54.4 Å². The lowest BCUT2D eigenvalue weighted by Crippen LogP contribution is -2.55. The number of nitriles is 1. The lowest BCUT2D eigenvalue weighted by Gasteiger charge is -2.39. The van der Waals surface area contributed by atoms with Crippen LogP contribution in [0.4, 0.5) is 16.3 Å². The van der Waals surface area contributed by atoms with Crippen LogP contribution in [0, 0.1) is 21.4 Å². The van der Waals surface area contributed by atoms with E-state index in [4.69, 9.17) is 39.5 Å². The number of hydrogen-bond acceptors (Lipinski definition) is 9. The van der Waals surface area contributed by atoms with Crippen molar-refractivity contribution in [1.29, 1.82) is 5.26 Å². The SMILES string of the molecule is COC(=O)C1(Cc2nc(Cl)nc(N3CCN(C(=O)O)C(CC#N)C3)c2[N+](=O)[O-])CCCc2c(Cl)cc(Cl)cc21. The third-order valence-electron chi connectivity index (χ3n) is 7.20. The van der Waals surface area contributed by atoms with Crippen LogP contribution in [0.15, 0.2) is 12.1 Å². The Labute approximate surface area is 238 Å². The number of ether oxygens (including phenoxy) is 1. The molecule has 4 rings (SSSR count). The van der Waals surface area contributed by atoms with Crippen molar-refractivity contribution in [2.75, 3.05) is 31.6 Å². The summed E-state index contributed by atoms with van der Waals surface area (Å²) >= 11 is 19.0. The highest BCUT2D eigenvalue weighted by atomic mass is 35.5. The fourth-order valence-electron chi connectivity index (χ4n) is 5.50. The summed E-state index contributed by atoms with van der Waals surface area (Å²) in [6, 6.07) is 4.40. The summed E-state index contributed by atoms with van der Waals surface area (Å²) in [7, 11) is 1.23. The van der Waals surface area contributed by atoms with Gasteiger partial charge < -0.3 is 19.6 Å². The maximum Gasteiger partial charge on any atom is 0.407 e. The minimum Gasteiger partial charge on any atom is -0.468 e. The topological polar surface area (TPSA) is 163 Å². The molecule has 1 aromatic heterocycles. The van der Waals surface area contributed by atoms with Gasteiger partial charge in [0.25, 0.3) is 0 Å². The summed E-state index contributed by atoms with van der Waals surface area (Å²) in [5.41, 5.74) is -0.746. The molecule has 0 radical (unpaired) electrons. The molecule has 12 nitrogen and oxygen atoms in total. The average molecular weight is 598 g/mol. The van der Waals surface area contributed by atoms with Gasteiger partial charge in [0.2, 0.25) is 11.1 Å². The molecule has 2 atom stereocenters. The van der Waals surface area contributed by atoms with E-state index in [9.17, 15) is 30.1 Å². The summed E-state index contributed by atoms with van der Waals surface area (Å²) < 4.78 is 5.18. The predicted molar refractivity (Wildman–Crippen MR) is 141 cm³/mol. The van der Waals surface area contributed by atoms with Gasteiger partial charge in [-0.15, -0.1) is 0 Å². The zero-order valence-electron chi connectivity index (χ0n) is 20.7. The van der Waals surface area contributed by atoms with Crippen LogP contribution >= 0.6 is 34.8 Å². The van der Waals surface area contributed by atoms with E-state index in [0.29, 0.717) is 40.4 Å². The van der Waals surface area contributed by atoms with Crippen molar-refractivity contribution in [3.63, 3.8) is 0 Å². The van der Waals surface area contributed by atoms with Gasteiger partial charge in [0, 0.05) is 36.1 Å². The number of carbonyl (C=O) groups excluding carboxylic acids is 1. The van der Waals surface area contributed by atoms with E-state index in [1.54, 1.807) is 12.1 Å². The van der Waals surface area contributed by atoms with E-state index in [-0.39, 0.29) is 49.3 Å². The quantitative estimate of drug-likeness (QED) is 0.218. The van der Waals surface area contributed by atoms with E-state index in [0.717, 1.165) is 4.90 Å². The molecule has 15 heteroatoms. The molecular weight excluding hydrogens is 575 g/mol. The summed E-state index contributed by atoms with van der Waals surface area (Å²) in [5, 5.41) is 31.6. The summed E-state index contributed by atoms with van der Waals surface area (Å²) in [5.74, 6) is -0.750. The number of halogens is 3. The number of hydrogen-bond donors (Lipinski definition) is 1. The van der Waals surface area contributed by atoms with Crippen LogP contribution in [0.2, 0.25) is 15.3 Å². The Morgan fingerprint density at radius 1 is 1.31 bits per heavy atom. The second-order valence-electron chi connectivity index (χ2n) is 9.32. The smallest absolute Gasteiger partial charge is 0.407 e. The number of fused-ring (bicyclic) bond motifs is 1. The van der Waals surface area contributed by atoms with Gasteiger partial charge in [-0.2, -0.15) is 10.2 Å². The highest BCUT2D eigenvalue weighted by Crippen LogP contribution is 2.46. The summed E-state index contributed by atoms with van der Waals surface area (Å²) in [6.45, 7) is 0.0357. The second-order valence-corrected chi connectivity index (χ2v) is 10.5. The van der Waals surface area contributed by atoms with Crippen molar-refractivity contribution >= 4 is 58.4 Å².